The quantitative estimate of drug-likeness (QED) is 0.702. The molecular formula is C22H23N3O3. The number of likely N-dealkylation sites (tertiary alicyclic amines) is 1. The Labute approximate surface area is 163 Å². The Morgan fingerprint density at radius 3 is 2.89 bits per heavy atom. The molecule has 0 bridgehead atoms. The van der Waals surface area contributed by atoms with Gasteiger partial charge in [0, 0.05) is 24.8 Å². The average Bonchev–Trinajstić information content (AvgIpc) is 3.16. The van der Waals surface area contributed by atoms with Crippen LogP contribution >= 0.6 is 0 Å². The number of hydrogen-bond acceptors (Lipinski definition) is 5. The van der Waals surface area contributed by atoms with Crippen molar-refractivity contribution in [3.05, 3.63) is 69.8 Å². The largest absolute Gasteiger partial charge is 0.486 e. The number of benzene rings is 1. The van der Waals surface area contributed by atoms with Gasteiger partial charge in [-0.05, 0) is 55.6 Å². The zero-order valence-corrected chi connectivity index (χ0v) is 15.9. The van der Waals surface area contributed by atoms with Crippen molar-refractivity contribution in [1.29, 1.82) is 0 Å². The van der Waals surface area contributed by atoms with Gasteiger partial charge in [0.05, 0.1) is 5.69 Å². The van der Waals surface area contributed by atoms with Gasteiger partial charge in [-0.25, -0.2) is 4.98 Å². The molecule has 0 amide bonds. The molecule has 28 heavy (non-hydrogen) atoms. The summed E-state index contributed by atoms with van der Waals surface area (Å²) in [6.45, 7) is 4.84. The normalized spacial score (nSPS) is 19.2. The third-order valence-electron chi connectivity index (χ3n) is 5.62. The SMILES string of the molecule is Cc1cccn2c(=O)cc(CN3CCC[C@H]3c3ccc4c(c3)OCCO4)nc12. The molecule has 1 atom stereocenters. The Balaban J connectivity index is 1.44. The molecule has 0 N–H and O–H groups in total. The number of hydrogen-bond donors (Lipinski definition) is 0. The van der Waals surface area contributed by atoms with E-state index in [1.807, 2.05) is 25.1 Å². The Morgan fingerprint density at radius 1 is 1.14 bits per heavy atom. The molecule has 0 spiro atoms. The van der Waals surface area contributed by atoms with Gasteiger partial charge in [0.15, 0.2) is 11.5 Å². The summed E-state index contributed by atoms with van der Waals surface area (Å²) < 4.78 is 13.0. The van der Waals surface area contributed by atoms with Crippen LogP contribution in [0, 0.1) is 6.92 Å². The second-order valence-corrected chi connectivity index (χ2v) is 7.50. The predicted molar refractivity (Wildman–Crippen MR) is 106 cm³/mol. The van der Waals surface area contributed by atoms with Gasteiger partial charge in [0.2, 0.25) is 0 Å². The highest BCUT2D eigenvalue weighted by Gasteiger charge is 2.28. The van der Waals surface area contributed by atoms with Crippen LogP contribution in [-0.4, -0.2) is 34.0 Å². The highest BCUT2D eigenvalue weighted by Crippen LogP contribution is 2.38. The zero-order chi connectivity index (χ0) is 19.1. The monoisotopic (exact) mass is 377 g/mol. The topological polar surface area (TPSA) is 56.1 Å². The Morgan fingerprint density at radius 2 is 2.00 bits per heavy atom. The molecule has 0 radical (unpaired) electrons. The van der Waals surface area contributed by atoms with E-state index in [0.29, 0.717) is 25.8 Å². The number of pyridine rings is 1. The minimum Gasteiger partial charge on any atom is -0.486 e. The van der Waals surface area contributed by atoms with Crippen LogP contribution in [-0.2, 0) is 6.54 Å². The van der Waals surface area contributed by atoms with Crippen molar-refractivity contribution in [3.8, 4) is 11.5 Å². The number of fused-ring (bicyclic) bond motifs is 2. The summed E-state index contributed by atoms with van der Waals surface area (Å²) in [4.78, 5) is 19.7. The van der Waals surface area contributed by atoms with Gasteiger partial charge in [0.25, 0.3) is 5.56 Å². The van der Waals surface area contributed by atoms with E-state index in [-0.39, 0.29) is 5.56 Å². The smallest absolute Gasteiger partial charge is 0.258 e. The number of ether oxygens (including phenoxy) is 2. The molecule has 0 unspecified atom stereocenters. The van der Waals surface area contributed by atoms with E-state index in [1.165, 1.54) is 5.56 Å². The predicted octanol–water partition coefficient (Wildman–Crippen LogP) is 3.11. The summed E-state index contributed by atoms with van der Waals surface area (Å²) in [7, 11) is 0. The lowest BCUT2D eigenvalue weighted by Crippen LogP contribution is -2.25. The molecule has 2 aromatic heterocycles. The minimum absolute atomic E-state index is 0.0289. The van der Waals surface area contributed by atoms with Crippen molar-refractivity contribution in [2.45, 2.75) is 32.4 Å². The standard InChI is InChI=1S/C22H23N3O3/c1-15-4-2-9-25-21(26)13-17(23-22(15)25)14-24-8-3-5-18(24)16-6-7-19-20(12-16)28-11-10-27-19/h2,4,6-7,9,12-13,18H,3,5,8,10-11,14H2,1H3/t18-/m0/s1. The molecule has 4 heterocycles. The molecule has 3 aromatic rings. The summed E-state index contributed by atoms with van der Waals surface area (Å²) in [5.41, 5.74) is 3.77. The fourth-order valence-electron chi connectivity index (χ4n) is 4.26. The lowest BCUT2D eigenvalue weighted by atomic mass is 10.0. The molecule has 5 rings (SSSR count). The summed E-state index contributed by atoms with van der Waals surface area (Å²) in [6.07, 6.45) is 3.99. The fraction of sp³-hybridized carbons (Fsp3) is 0.364. The molecular weight excluding hydrogens is 354 g/mol. The zero-order valence-electron chi connectivity index (χ0n) is 15.9. The summed E-state index contributed by atoms with van der Waals surface area (Å²) in [5.74, 6) is 1.65. The molecule has 144 valence electrons. The van der Waals surface area contributed by atoms with Crippen molar-refractivity contribution < 1.29 is 9.47 Å². The van der Waals surface area contributed by atoms with Crippen molar-refractivity contribution in [2.24, 2.45) is 0 Å². The molecule has 0 saturated carbocycles. The van der Waals surface area contributed by atoms with E-state index in [4.69, 9.17) is 14.5 Å². The first-order valence-corrected chi connectivity index (χ1v) is 9.80. The van der Waals surface area contributed by atoms with E-state index >= 15 is 0 Å². The van der Waals surface area contributed by atoms with Crippen molar-refractivity contribution in [3.63, 3.8) is 0 Å². The second kappa shape index (κ2) is 6.95. The highest BCUT2D eigenvalue weighted by atomic mass is 16.6. The van der Waals surface area contributed by atoms with E-state index in [2.05, 4.69) is 17.0 Å². The first-order chi connectivity index (χ1) is 13.7. The van der Waals surface area contributed by atoms with E-state index in [1.54, 1.807) is 16.7 Å². The molecule has 2 aliphatic heterocycles. The van der Waals surface area contributed by atoms with Crippen LogP contribution in [0.3, 0.4) is 0 Å². The minimum atomic E-state index is -0.0289. The van der Waals surface area contributed by atoms with Crippen LogP contribution in [0.5, 0.6) is 11.5 Å². The first kappa shape index (κ1) is 17.3. The van der Waals surface area contributed by atoms with Gasteiger partial charge >= 0.3 is 0 Å². The second-order valence-electron chi connectivity index (χ2n) is 7.50. The third-order valence-corrected chi connectivity index (χ3v) is 5.62. The summed E-state index contributed by atoms with van der Waals surface area (Å²) >= 11 is 0. The van der Waals surface area contributed by atoms with Gasteiger partial charge in [-0.3, -0.25) is 14.1 Å². The molecule has 6 nitrogen and oxygen atoms in total. The van der Waals surface area contributed by atoms with Crippen LogP contribution in [0.2, 0.25) is 0 Å². The van der Waals surface area contributed by atoms with Gasteiger partial charge in [-0.15, -0.1) is 0 Å². The van der Waals surface area contributed by atoms with Crippen molar-refractivity contribution >= 4 is 5.65 Å². The third kappa shape index (κ3) is 3.03. The molecule has 1 saturated heterocycles. The number of nitrogens with zero attached hydrogens (tertiary/aromatic N) is 3. The van der Waals surface area contributed by atoms with Crippen molar-refractivity contribution in [1.82, 2.24) is 14.3 Å². The molecule has 1 fully saturated rings. The van der Waals surface area contributed by atoms with Gasteiger partial charge in [-0.2, -0.15) is 0 Å². The van der Waals surface area contributed by atoms with Crippen LogP contribution in [0.1, 0.15) is 35.7 Å². The van der Waals surface area contributed by atoms with E-state index in [9.17, 15) is 4.79 Å². The van der Waals surface area contributed by atoms with E-state index in [0.717, 1.165) is 47.8 Å². The number of aromatic nitrogens is 2. The molecule has 0 aliphatic carbocycles. The highest BCUT2D eigenvalue weighted by molar-refractivity contribution is 5.47. The Kier molecular flexibility index (Phi) is 4.28. The Hall–Kier alpha value is -2.86. The average molecular weight is 377 g/mol. The van der Waals surface area contributed by atoms with E-state index < -0.39 is 0 Å². The van der Waals surface area contributed by atoms with Crippen LogP contribution in [0.4, 0.5) is 0 Å². The van der Waals surface area contributed by atoms with Crippen molar-refractivity contribution in [2.75, 3.05) is 19.8 Å². The first-order valence-electron chi connectivity index (χ1n) is 9.80. The maximum absolute atomic E-state index is 12.5. The maximum Gasteiger partial charge on any atom is 0.258 e. The number of aryl methyl sites for hydroxylation is 1. The lowest BCUT2D eigenvalue weighted by Gasteiger charge is -2.26. The van der Waals surface area contributed by atoms with Crippen LogP contribution < -0.4 is 15.0 Å². The number of rotatable bonds is 3. The maximum atomic E-state index is 12.5. The van der Waals surface area contributed by atoms with Crippen LogP contribution in [0.15, 0.2) is 47.4 Å². The Bertz CT molecular complexity index is 1090. The summed E-state index contributed by atoms with van der Waals surface area (Å²) in [6, 6.07) is 12.1. The molecule has 6 heteroatoms. The molecule has 1 aromatic carbocycles. The summed E-state index contributed by atoms with van der Waals surface area (Å²) in [5, 5.41) is 0. The fourth-order valence-corrected chi connectivity index (χ4v) is 4.26. The van der Waals surface area contributed by atoms with Crippen LogP contribution in [0.25, 0.3) is 5.65 Å². The molecule has 2 aliphatic rings. The van der Waals surface area contributed by atoms with Gasteiger partial charge in [-0.1, -0.05) is 12.1 Å². The lowest BCUT2D eigenvalue weighted by molar-refractivity contribution is 0.170. The van der Waals surface area contributed by atoms with Gasteiger partial charge < -0.3 is 9.47 Å². The van der Waals surface area contributed by atoms with Gasteiger partial charge in [0.1, 0.15) is 18.9 Å².